The van der Waals surface area contributed by atoms with Crippen LogP contribution in [0.25, 0.3) is 0 Å². The molecular weight excluding hydrogens is 221 g/mol. The molecule has 0 amide bonds. The van der Waals surface area contributed by atoms with Gasteiger partial charge in [-0.25, -0.2) is 9.97 Å². The average Bonchev–Trinajstić information content (AvgIpc) is 2.09. The topological polar surface area (TPSA) is 29.0 Å². The van der Waals surface area contributed by atoms with Gasteiger partial charge < -0.3 is 4.90 Å². The maximum absolute atomic E-state index is 5.90. The molecule has 0 unspecified atom stereocenters. The highest BCUT2D eigenvalue weighted by Gasteiger charge is 2.07. The molecule has 14 heavy (non-hydrogen) atoms. The van der Waals surface area contributed by atoms with E-state index in [9.17, 15) is 0 Å². The van der Waals surface area contributed by atoms with Crippen LogP contribution in [0.2, 0.25) is 10.3 Å². The molecule has 3 nitrogen and oxygen atoms in total. The van der Waals surface area contributed by atoms with Crippen molar-refractivity contribution in [2.75, 3.05) is 20.6 Å². The van der Waals surface area contributed by atoms with Crippen molar-refractivity contribution < 1.29 is 0 Å². The molecule has 0 bridgehead atoms. The van der Waals surface area contributed by atoms with Crippen LogP contribution in [0.1, 0.15) is 12.0 Å². The molecule has 0 saturated heterocycles. The van der Waals surface area contributed by atoms with Crippen molar-refractivity contribution in [2.45, 2.75) is 12.8 Å². The van der Waals surface area contributed by atoms with Crippen LogP contribution < -0.4 is 0 Å². The highest BCUT2D eigenvalue weighted by molar-refractivity contribution is 6.34. The number of hydrogen-bond acceptors (Lipinski definition) is 3. The molecule has 0 radical (unpaired) electrons. The molecule has 0 spiro atoms. The summed E-state index contributed by atoms with van der Waals surface area (Å²) in [5.41, 5.74) is 0.845. The molecule has 1 rings (SSSR count). The first kappa shape index (κ1) is 11.7. The van der Waals surface area contributed by atoms with E-state index < -0.39 is 0 Å². The van der Waals surface area contributed by atoms with Crippen molar-refractivity contribution in [3.8, 4) is 0 Å². The van der Waals surface area contributed by atoms with E-state index in [1.165, 1.54) is 6.33 Å². The SMILES string of the molecule is CN(C)CCCc1c(Cl)ncnc1Cl. The number of halogens is 2. The summed E-state index contributed by atoms with van der Waals surface area (Å²) in [5.74, 6) is 0. The van der Waals surface area contributed by atoms with Crippen LogP contribution in [0.5, 0.6) is 0 Å². The molecule has 0 aromatic carbocycles. The van der Waals surface area contributed by atoms with Gasteiger partial charge in [0.05, 0.1) is 0 Å². The van der Waals surface area contributed by atoms with Gasteiger partial charge in [0.1, 0.15) is 16.6 Å². The van der Waals surface area contributed by atoms with Gasteiger partial charge in [-0.15, -0.1) is 0 Å². The van der Waals surface area contributed by atoms with E-state index >= 15 is 0 Å². The van der Waals surface area contributed by atoms with E-state index in [-0.39, 0.29) is 0 Å². The zero-order chi connectivity index (χ0) is 10.6. The first-order chi connectivity index (χ1) is 6.61. The first-order valence-corrected chi connectivity index (χ1v) is 5.16. The van der Waals surface area contributed by atoms with Crippen LogP contribution in [-0.4, -0.2) is 35.5 Å². The molecule has 1 aromatic heterocycles. The summed E-state index contributed by atoms with van der Waals surface area (Å²) in [5, 5.41) is 0.924. The number of aromatic nitrogens is 2. The van der Waals surface area contributed by atoms with Gasteiger partial charge in [0.2, 0.25) is 0 Å². The van der Waals surface area contributed by atoms with Gasteiger partial charge in [-0.1, -0.05) is 23.2 Å². The van der Waals surface area contributed by atoms with Crippen LogP contribution in [-0.2, 0) is 6.42 Å². The number of rotatable bonds is 4. The third kappa shape index (κ3) is 3.40. The molecule has 0 atom stereocenters. The van der Waals surface area contributed by atoms with Crippen molar-refractivity contribution in [2.24, 2.45) is 0 Å². The smallest absolute Gasteiger partial charge is 0.137 e. The summed E-state index contributed by atoms with van der Waals surface area (Å²) < 4.78 is 0. The third-order valence-corrected chi connectivity index (χ3v) is 2.52. The Morgan fingerprint density at radius 2 is 1.79 bits per heavy atom. The minimum Gasteiger partial charge on any atom is -0.309 e. The highest BCUT2D eigenvalue weighted by Crippen LogP contribution is 2.20. The van der Waals surface area contributed by atoms with Gasteiger partial charge in [0.25, 0.3) is 0 Å². The molecular formula is C9H13Cl2N3. The predicted molar refractivity (Wildman–Crippen MR) is 58.9 cm³/mol. The summed E-state index contributed by atoms with van der Waals surface area (Å²) in [6.07, 6.45) is 3.19. The van der Waals surface area contributed by atoms with E-state index in [1.807, 2.05) is 14.1 Å². The largest absolute Gasteiger partial charge is 0.309 e. The van der Waals surface area contributed by atoms with Crippen LogP contribution >= 0.6 is 23.2 Å². The Morgan fingerprint density at radius 3 is 2.29 bits per heavy atom. The Labute approximate surface area is 94.1 Å². The van der Waals surface area contributed by atoms with Crippen molar-refractivity contribution in [1.29, 1.82) is 0 Å². The van der Waals surface area contributed by atoms with E-state index in [1.54, 1.807) is 0 Å². The first-order valence-electron chi connectivity index (χ1n) is 4.41. The molecule has 0 N–H and O–H groups in total. The van der Waals surface area contributed by atoms with E-state index in [4.69, 9.17) is 23.2 Å². The van der Waals surface area contributed by atoms with Gasteiger partial charge in [0, 0.05) is 5.56 Å². The van der Waals surface area contributed by atoms with Crippen molar-refractivity contribution in [1.82, 2.24) is 14.9 Å². The van der Waals surface area contributed by atoms with Gasteiger partial charge in [0.15, 0.2) is 0 Å². The lowest BCUT2D eigenvalue weighted by Crippen LogP contribution is -2.13. The van der Waals surface area contributed by atoms with Crippen molar-refractivity contribution in [3.05, 3.63) is 22.2 Å². The Morgan fingerprint density at radius 1 is 1.21 bits per heavy atom. The summed E-state index contributed by atoms with van der Waals surface area (Å²) >= 11 is 11.8. The predicted octanol–water partition coefficient (Wildman–Crippen LogP) is 2.28. The van der Waals surface area contributed by atoms with Crippen LogP contribution in [0, 0.1) is 0 Å². The average molecular weight is 234 g/mol. The summed E-state index contributed by atoms with van der Waals surface area (Å²) in [6.45, 7) is 1.00. The van der Waals surface area contributed by atoms with Gasteiger partial charge in [-0.2, -0.15) is 0 Å². The van der Waals surface area contributed by atoms with Gasteiger partial charge >= 0.3 is 0 Å². The maximum atomic E-state index is 5.90. The summed E-state index contributed by atoms with van der Waals surface area (Å²) in [6, 6.07) is 0. The second kappa shape index (κ2) is 5.49. The molecule has 1 aromatic rings. The zero-order valence-corrected chi connectivity index (χ0v) is 9.81. The minimum atomic E-state index is 0.462. The fourth-order valence-corrected chi connectivity index (χ4v) is 1.65. The molecule has 0 fully saturated rings. The Kier molecular flexibility index (Phi) is 4.58. The quantitative estimate of drug-likeness (QED) is 0.748. The van der Waals surface area contributed by atoms with Crippen LogP contribution in [0.3, 0.4) is 0 Å². The fraction of sp³-hybridized carbons (Fsp3) is 0.556. The second-order valence-corrected chi connectivity index (χ2v) is 4.06. The summed E-state index contributed by atoms with van der Waals surface area (Å²) in [4.78, 5) is 9.90. The third-order valence-electron chi connectivity index (χ3n) is 1.87. The zero-order valence-electron chi connectivity index (χ0n) is 8.30. The molecule has 78 valence electrons. The Balaban J connectivity index is 2.58. The molecule has 0 saturated carbocycles. The van der Waals surface area contributed by atoms with Crippen molar-refractivity contribution >= 4 is 23.2 Å². The standard InChI is InChI=1S/C9H13Cl2N3/c1-14(2)5-3-4-7-8(10)12-6-13-9(7)11/h6H,3-5H2,1-2H3. The van der Waals surface area contributed by atoms with Crippen LogP contribution in [0.15, 0.2) is 6.33 Å². The van der Waals surface area contributed by atoms with E-state index in [0.717, 1.165) is 24.9 Å². The van der Waals surface area contributed by atoms with Gasteiger partial charge in [-0.05, 0) is 33.5 Å². The lowest BCUT2D eigenvalue weighted by molar-refractivity contribution is 0.400. The summed E-state index contributed by atoms with van der Waals surface area (Å²) in [7, 11) is 4.06. The number of hydrogen-bond donors (Lipinski definition) is 0. The van der Waals surface area contributed by atoms with E-state index in [0.29, 0.717) is 10.3 Å². The normalized spacial score (nSPS) is 10.9. The highest BCUT2D eigenvalue weighted by atomic mass is 35.5. The maximum Gasteiger partial charge on any atom is 0.137 e. The minimum absolute atomic E-state index is 0.462. The molecule has 0 aliphatic heterocycles. The molecule has 1 heterocycles. The molecule has 0 aliphatic carbocycles. The Hall–Kier alpha value is -0.380. The van der Waals surface area contributed by atoms with Gasteiger partial charge in [-0.3, -0.25) is 0 Å². The van der Waals surface area contributed by atoms with Crippen molar-refractivity contribution in [3.63, 3.8) is 0 Å². The molecule has 0 aliphatic rings. The fourth-order valence-electron chi connectivity index (χ4n) is 1.15. The number of nitrogens with zero attached hydrogens (tertiary/aromatic N) is 3. The second-order valence-electron chi connectivity index (χ2n) is 3.34. The lowest BCUT2D eigenvalue weighted by Gasteiger charge is -2.09. The van der Waals surface area contributed by atoms with E-state index in [2.05, 4.69) is 14.9 Å². The molecule has 5 heteroatoms. The van der Waals surface area contributed by atoms with Crippen LogP contribution in [0.4, 0.5) is 0 Å². The Bertz CT molecular complexity index is 282. The monoisotopic (exact) mass is 233 g/mol. The lowest BCUT2D eigenvalue weighted by atomic mass is 10.2.